The van der Waals surface area contributed by atoms with E-state index in [1.54, 1.807) is 0 Å². The van der Waals surface area contributed by atoms with Crippen LogP contribution in [0.25, 0.3) is 0 Å². The molecule has 0 spiro atoms. The Morgan fingerprint density at radius 3 is 2.77 bits per heavy atom. The predicted octanol–water partition coefficient (Wildman–Crippen LogP) is 2.72. The lowest BCUT2D eigenvalue weighted by Crippen LogP contribution is -2.14. The van der Waals surface area contributed by atoms with Crippen LogP contribution >= 0.6 is 11.8 Å². The lowest BCUT2D eigenvalue weighted by molar-refractivity contribution is 0.715. The average Bonchev–Trinajstić information content (AvgIpc) is 2.53. The van der Waals surface area contributed by atoms with Crippen molar-refractivity contribution in [3.8, 4) is 0 Å². The number of aryl methyl sites for hydroxylation is 1. The highest BCUT2D eigenvalue weighted by molar-refractivity contribution is 8.00. The molecule has 1 nitrogen and oxygen atoms in total. The molecule has 0 radical (unpaired) electrons. The van der Waals surface area contributed by atoms with Gasteiger partial charge in [0.15, 0.2) is 0 Å². The number of hydrogen-bond donors (Lipinski definition) is 1. The summed E-state index contributed by atoms with van der Waals surface area (Å²) in [7, 11) is 0. The van der Waals surface area contributed by atoms with Crippen molar-refractivity contribution in [3.63, 3.8) is 0 Å². The Hall–Kier alpha value is -0.470. The third-order valence-corrected chi connectivity index (χ3v) is 3.75. The van der Waals surface area contributed by atoms with Gasteiger partial charge in [0.25, 0.3) is 0 Å². The first-order valence-electron chi connectivity index (χ1n) is 4.72. The van der Waals surface area contributed by atoms with E-state index >= 15 is 0 Å². The minimum atomic E-state index is 0.510. The molecule has 1 N–H and O–H groups in total. The Kier molecular flexibility index (Phi) is 2.61. The fourth-order valence-electron chi connectivity index (χ4n) is 1.67. The van der Waals surface area contributed by atoms with Gasteiger partial charge in [0, 0.05) is 11.8 Å². The molecule has 70 valence electrons. The Bertz CT molecular complexity index is 298. The summed E-state index contributed by atoms with van der Waals surface area (Å²) >= 11 is 2.02. The first-order valence-corrected chi connectivity index (χ1v) is 5.66. The van der Waals surface area contributed by atoms with E-state index in [1.165, 1.54) is 11.1 Å². The second-order valence-corrected chi connectivity index (χ2v) is 5.14. The molecule has 2 atom stereocenters. The lowest BCUT2D eigenvalue weighted by atomic mass is 10.1. The molecule has 1 aromatic rings. The molecule has 2 rings (SSSR count). The highest BCUT2D eigenvalue weighted by atomic mass is 32.2. The summed E-state index contributed by atoms with van der Waals surface area (Å²) in [5.74, 6) is 0. The molecule has 1 aliphatic heterocycles. The van der Waals surface area contributed by atoms with Gasteiger partial charge in [0.1, 0.15) is 0 Å². The molecule has 1 heterocycles. The van der Waals surface area contributed by atoms with Crippen LogP contribution < -0.4 is 5.32 Å². The second kappa shape index (κ2) is 3.72. The van der Waals surface area contributed by atoms with Gasteiger partial charge < -0.3 is 5.32 Å². The molecule has 2 heteroatoms. The largest absolute Gasteiger partial charge is 0.301 e. The standard InChI is InChI=1S/C11H15NS/c1-8-5-3-4-6-10(8)11-12-7-9(2)13-11/h3-6,9,11-12H,7H2,1-2H3. The van der Waals surface area contributed by atoms with Crippen LogP contribution in [-0.2, 0) is 0 Å². The first-order chi connectivity index (χ1) is 6.27. The summed E-state index contributed by atoms with van der Waals surface area (Å²) in [5, 5.41) is 4.78. The third kappa shape index (κ3) is 1.89. The minimum absolute atomic E-state index is 0.510. The smallest absolute Gasteiger partial charge is 0.0795 e. The Balaban J connectivity index is 2.21. The highest BCUT2D eigenvalue weighted by Gasteiger charge is 2.23. The topological polar surface area (TPSA) is 12.0 Å². The molecule has 1 fully saturated rings. The van der Waals surface area contributed by atoms with Crippen molar-refractivity contribution in [2.75, 3.05) is 6.54 Å². The van der Waals surface area contributed by atoms with Gasteiger partial charge in [-0.25, -0.2) is 0 Å². The summed E-state index contributed by atoms with van der Waals surface area (Å²) in [4.78, 5) is 0. The predicted molar refractivity (Wildman–Crippen MR) is 59.0 cm³/mol. The molecule has 1 aromatic carbocycles. The molecule has 0 saturated carbocycles. The van der Waals surface area contributed by atoms with Crippen LogP contribution in [0.3, 0.4) is 0 Å². The summed E-state index contributed by atoms with van der Waals surface area (Å²) in [6, 6.07) is 8.62. The van der Waals surface area contributed by atoms with E-state index in [1.807, 2.05) is 11.8 Å². The van der Waals surface area contributed by atoms with E-state index in [0.29, 0.717) is 5.37 Å². The van der Waals surface area contributed by atoms with Crippen molar-refractivity contribution in [2.24, 2.45) is 0 Å². The van der Waals surface area contributed by atoms with Crippen LogP contribution in [0, 0.1) is 6.92 Å². The molecule has 0 aliphatic carbocycles. The van der Waals surface area contributed by atoms with Crippen molar-refractivity contribution in [3.05, 3.63) is 35.4 Å². The van der Waals surface area contributed by atoms with E-state index in [-0.39, 0.29) is 0 Å². The van der Waals surface area contributed by atoms with Crippen LogP contribution in [-0.4, -0.2) is 11.8 Å². The van der Waals surface area contributed by atoms with E-state index in [2.05, 4.69) is 43.4 Å². The minimum Gasteiger partial charge on any atom is -0.301 e. The van der Waals surface area contributed by atoms with Gasteiger partial charge >= 0.3 is 0 Å². The quantitative estimate of drug-likeness (QED) is 0.736. The Labute approximate surface area is 83.9 Å². The van der Waals surface area contributed by atoms with Gasteiger partial charge in [-0.15, -0.1) is 11.8 Å². The lowest BCUT2D eigenvalue weighted by Gasteiger charge is -2.12. The molecule has 13 heavy (non-hydrogen) atoms. The normalized spacial score (nSPS) is 27.8. The molecular formula is C11H15NS. The van der Waals surface area contributed by atoms with E-state index in [9.17, 15) is 0 Å². The van der Waals surface area contributed by atoms with Crippen molar-refractivity contribution in [1.82, 2.24) is 5.32 Å². The molecule has 0 bridgehead atoms. The number of rotatable bonds is 1. The number of thioether (sulfide) groups is 1. The van der Waals surface area contributed by atoms with Crippen molar-refractivity contribution in [2.45, 2.75) is 24.5 Å². The maximum Gasteiger partial charge on any atom is 0.0795 e. The van der Waals surface area contributed by atoms with Gasteiger partial charge in [-0.3, -0.25) is 0 Å². The Morgan fingerprint density at radius 1 is 1.38 bits per heavy atom. The third-order valence-electron chi connectivity index (χ3n) is 2.43. The van der Waals surface area contributed by atoms with Gasteiger partial charge in [-0.05, 0) is 18.1 Å². The fraction of sp³-hybridized carbons (Fsp3) is 0.455. The Morgan fingerprint density at radius 2 is 2.15 bits per heavy atom. The van der Waals surface area contributed by atoms with Crippen LogP contribution in [0.15, 0.2) is 24.3 Å². The van der Waals surface area contributed by atoms with Crippen LogP contribution in [0.1, 0.15) is 23.4 Å². The molecular weight excluding hydrogens is 178 g/mol. The van der Waals surface area contributed by atoms with Crippen LogP contribution in [0.5, 0.6) is 0 Å². The number of nitrogens with one attached hydrogen (secondary N) is 1. The van der Waals surface area contributed by atoms with E-state index in [4.69, 9.17) is 0 Å². The van der Waals surface area contributed by atoms with Crippen molar-refractivity contribution in [1.29, 1.82) is 0 Å². The van der Waals surface area contributed by atoms with Crippen molar-refractivity contribution < 1.29 is 0 Å². The molecule has 1 saturated heterocycles. The van der Waals surface area contributed by atoms with Gasteiger partial charge in [0.2, 0.25) is 0 Å². The van der Waals surface area contributed by atoms with E-state index in [0.717, 1.165) is 11.8 Å². The van der Waals surface area contributed by atoms with E-state index < -0.39 is 0 Å². The van der Waals surface area contributed by atoms with Crippen LogP contribution in [0.2, 0.25) is 0 Å². The summed E-state index contributed by atoms with van der Waals surface area (Å²) in [6.45, 7) is 5.58. The maximum absolute atomic E-state index is 3.53. The monoisotopic (exact) mass is 193 g/mol. The zero-order valence-corrected chi connectivity index (χ0v) is 8.90. The first kappa shape index (κ1) is 9.10. The molecule has 0 aromatic heterocycles. The highest BCUT2D eigenvalue weighted by Crippen LogP contribution is 2.35. The number of benzene rings is 1. The SMILES string of the molecule is Cc1ccccc1C1NCC(C)S1. The maximum atomic E-state index is 3.53. The summed E-state index contributed by atoms with van der Waals surface area (Å²) < 4.78 is 0. The second-order valence-electron chi connectivity index (χ2n) is 3.59. The van der Waals surface area contributed by atoms with Crippen LogP contribution in [0.4, 0.5) is 0 Å². The fourth-order valence-corrected chi connectivity index (χ4v) is 2.93. The van der Waals surface area contributed by atoms with Gasteiger partial charge in [0.05, 0.1) is 5.37 Å². The van der Waals surface area contributed by atoms with Gasteiger partial charge in [-0.2, -0.15) is 0 Å². The molecule has 0 amide bonds. The zero-order valence-electron chi connectivity index (χ0n) is 8.08. The number of hydrogen-bond acceptors (Lipinski definition) is 2. The molecule has 1 aliphatic rings. The summed E-state index contributed by atoms with van der Waals surface area (Å²) in [6.07, 6.45) is 0. The van der Waals surface area contributed by atoms with Crippen molar-refractivity contribution >= 4 is 11.8 Å². The molecule has 2 unspecified atom stereocenters. The van der Waals surface area contributed by atoms with Gasteiger partial charge in [-0.1, -0.05) is 31.2 Å². The average molecular weight is 193 g/mol. The summed E-state index contributed by atoms with van der Waals surface area (Å²) in [5.41, 5.74) is 2.83. The zero-order chi connectivity index (χ0) is 9.26.